The lowest BCUT2D eigenvalue weighted by atomic mass is 10.0. The fraction of sp³-hybridized carbons (Fsp3) is 0.300. The number of ether oxygens (including phenoxy) is 2. The lowest BCUT2D eigenvalue weighted by Gasteiger charge is -2.18. The van der Waals surface area contributed by atoms with E-state index in [1.807, 2.05) is 0 Å². The lowest BCUT2D eigenvalue weighted by Crippen LogP contribution is -2.30. The molecular weight excluding hydrogens is 453 g/mol. The first-order valence-electron chi connectivity index (χ1n) is 8.80. The summed E-state index contributed by atoms with van der Waals surface area (Å²) in [6, 6.07) is 5.02. The minimum atomic E-state index is -5.03. The molecule has 0 spiro atoms. The van der Waals surface area contributed by atoms with Crippen LogP contribution in [0.4, 0.5) is 30.7 Å². The van der Waals surface area contributed by atoms with Crippen LogP contribution in [0.15, 0.2) is 42.5 Å². The zero-order valence-corrected chi connectivity index (χ0v) is 16.0. The number of carboxylic acids is 1. The number of alkyl halides is 6. The van der Waals surface area contributed by atoms with E-state index >= 15 is 0 Å². The zero-order chi connectivity index (χ0) is 24.1. The first-order chi connectivity index (χ1) is 14.8. The number of hydrogen-bond donors (Lipinski definition) is 1. The Balaban J connectivity index is 2.18. The summed E-state index contributed by atoms with van der Waals surface area (Å²) < 4.78 is 101. The number of Topliss-reactive ketones (excluding diaryl/α,β-unsaturated/α-hetero) is 1. The van der Waals surface area contributed by atoms with Gasteiger partial charge in [0.2, 0.25) is 12.1 Å². The summed E-state index contributed by atoms with van der Waals surface area (Å²) in [6.07, 6.45) is -12.4. The van der Waals surface area contributed by atoms with Crippen LogP contribution in [-0.2, 0) is 33.0 Å². The molecule has 1 N–H and O–H groups in total. The quantitative estimate of drug-likeness (QED) is 0.327. The molecular formula is C20H15F7O5. The molecule has 0 bridgehead atoms. The van der Waals surface area contributed by atoms with Gasteiger partial charge in [-0.15, -0.1) is 0 Å². The van der Waals surface area contributed by atoms with E-state index in [-0.39, 0.29) is 17.2 Å². The summed E-state index contributed by atoms with van der Waals surface area (Å²) in [5.41, 5.74) is -3.51. The normalized spacial score (nSPS) is 13.1. The third-order valence-electron chi connectivity index (χ3n) is 4.01. The van der Waals surface area contributed by atoms with Crippen LogP contribution in [0.1, 0.15) is 27.0 Å². The van der Waals surface area contributed by atoms with Gasteiger partial charge in [-0.3, -0.25) is 4.79 Å². The summed E-state index contributed by atoms with van der Waals surface area (Å²) in [6.45, 7) is -1.55. The number of carbonyl (C=O) groups is 2. The van der Waals surface area contributed by atoms with E-state index in [2.05, 4.69) is 0 Å². The molecule has 12 heteroatoms. The Kier molecular flexibility index (Phi) is 7.97. The van der Waals surface area contributed by atoms with Crippen molar-refractivity contribution in [2.45, 2.75) is 25.1 Å². The van der Waals surface area contributed by atoms with E-state index in [9.17, 15) is 40.3 Å². The molecule has 174 valence electrons. The molecule has 0 amide bonds. The monoisotopic (exact) mass is 468 g/mol. The van der Waals surface area contributed by atoms with Crippen molar-refractivity contribution in [3.8, 4) is 0 Å². The Bertz CT molecular complexity index is 920. The summed E-state index contributed by atoms with van der Waals surface area (Å²) >= 11 is 0. The molecule has 0 saturated heterocycles. The number of aliphatic carboxylic acids is 1. The van der Waals surface area contributed by atoms with Gasteiger partial charge in [0.05, 0.1) is 17.7 Å². The van der Waals surface area contributed by atoms with Gasteiger partial charge in [-0.2, -0.15) is 26.3 Å². The molecule has 2 aromatic rings. The highest BCUT2D eigenvalue weighted by molar-refractivity contribution is 5.98. The van der Waals surface area contributed by atoms with Crippen molar-refractivity contribution >= 4 is 11.8 Å². The first kappa shape index (κ1) is 25.3. The Morgan fingerprint density at radius 3 is 1.88 bits per heavy atom. The Hall–Kier alpha value is -2.99. The van der Waals surface area contributed by atoms with E-state index in [4.69, 9.17) is 14.6 Å². The predicted molar refractivity (Wildman–Crippen MR) is 94.2 cm³/mol. The standard InChI is InChI=1S/C20H15F7O5/c21-15-3-1-12(2-4-15)17(30)18(32-10-16(28)29)31-6-5-11-7-13(19(22,23)24)9-14(8-11)20(25,26)27/h1-4,7-9,18H,5-6,10H2,(H,28,29)/t18-/m1/s1. The van der Waals surface area contributed by atoms with Crippen LogP contribution >= 0.6 is 0 Å². The average molecular weight is 468 g/mol. The van der Waals surface area contributed by atoms with Gasteiger partial charge in [0.1, 0.15) is 12.4 Å². The van der Waals surface area contributed by atoms with E-state index in [1.54, 1.807) is 0 Å². The molecule has 32 heavy (non-hydrogen) atoms. The highest BCUT2D eigenvalue weighted by Crippen LogP contribution is 2.36. The molecule has 0 radical (unpaired) electrons. The molecule has 5 nitrogen and oxygen atoms in total. The molecule has 2 aromatic carbocycles. The Morgan fingerprint density at radius 2 is 1.41 bits per heavy atom. The summed E-state index contributed by atoms with van der Waals surface area (Å²) in [5.74, 6) is -3.03. The second kappa shape index (κ2) is 10.1. The maximum atomic E-state index is 13.0. The number of carboxylic acid groups (broad SMARTS) is 1. The minimum absolute atomic E-state index is 0.0266. The van der Waals surface area contributed by atoms with E-state index in [1.165, 1.54) is 0 Å². The van der Waals surface area contributed by atoms with Crippen LogP contribution in [0.25, 0.3) is 0 Å². The Morgan fingerprint density at radius 1 is 0.875 bits per heavy atom. The third kappa shape index (κ3) is 7.31. The maximum absolute atomic E-state index is 13.0. The molecule has 0 aliphatic rings. The second-order valence-corrected chi connectivity index (χ2v) is 6.44. The SMILES string of the molecule is O=C(O)CO[C@@H](OCCc1cc(C(F)(F)F)cc(C(F)(F)F)c1)C(=O)c1ccc(F)cc1. The van der Waals surface area contributed by atoms with Crippen LogP contribution in [0, 0.1) is 5.82 Å². The predicted octanol–water partition coefficient (Wildman–Crippen LogP) is 4.73. The number of hydrogen-bond acceptors (Lipinski definition) is 4. The van der Waals surface area contributed by atoms with Crippen LogP contribution in [-0.4, -0.2) is 36.4 Å². The van der Waals surface area contributed by atoms with Gasteiger partial charge in [0.15, 0.2) is 0 Å². The minimum Gasteiger partial charge on any atom is -0.480 e. The van der Waals surface area contributed by atoms with Gasteiger partial charge in [-0.05, 0) is 54.4 Å². The van der Waals surface area contributed by atoms with Gasteiger partial charge >= 0.3 is 18.3 Å². The van der Waals surface area contributed by atoms with Crippen molar-refractivity contribution in [3.05, 3.63) is 70.5 Å². The number of benzene rings is 2. The number of rotatable bonds is 9. The second-order valence-electron chi connectivity index (χ2n) is 6.44. The topological polar surface area (TPSA) is 72.8 Å². The summed E-state index contributed by atoms with van der Waals surface area (Å²) in [4.78, 5) is 23.1. The molecule has 0 fully saturated rings. The van der Waals surface area contributed by atoms with E-state index in [0.717, 1.165) is 24.3 Å². The van der Waals surface area contributed by atoms with Gasteiger partial charge in [0, 0.05) is 5.56 Å². The van der Waals surface area contributed by atoms with Crippen LogP contribution in [0.2, 0.25) is 0 Å². The molecule has 1 atom stereocenters. The smallest absolute Gasteiger partial charge is 0.416 e. The van der Waals surface area contributed by atoms with Crippen LogP contribution < -0.4 is 0 Å². The molecule has 0 aromatic heterocycles. The largest absolute Gasteiger partial charge is 0.480 e. The van der Waals surface area contributed by atoms with Gasteiger partial charge < -0.3 is 14.6 Å². The molecule has 0 saturated carbocycles. The Labute approximate surface area is 176 Å². The van der Waals surface area contributed by atoms with Crippen molar-refractivity contribution < 1.29 is 54.9 Å². The highest BCUT2D eigenvalue weighted by atomic mass is 19.4. The zero-order valence-electron chi connectivity index (χ0n) is 16.0. The molecule has 0 aliphatic carbocycles. The van der Waals surface area contributed by atoms with Crippen molar-refractivity contribution in [3.63, 3.8) is 0 Å². The summed E-state index contributed by atoms with van der Waals surface area (Å²) in [5, 5.41) is 8.71. The van der Waals surface area contributed by atoms with E-state index < -0.39 is 67.0 Å². The van der Waals surface area contributed by atoms with Crippen LogP contribution in [0.5, 0.6) is 0 Å². The van der Waals surface area contributed by atoms with Gasteiger partial charge in [-0.25, -0.2) is 9.18 Å². The van der Waals surface area contributed by atoms with Crippen LogP contribution in [0.3, 0.4) is 0 Å². The van der Waals surface area contributed by atoms with Crippen molar-refractivity contribution in [2.75, 3.05) is 13.2 Å². The van der Waals surface area contributed by atoms with Crippen molar-refractivity contribution in [1.82, 2.24) is 0 Å². The number of ketones is 1. The average Bonchev–Trinajstić information content (AvgIpc) is 2.69. The van der Waals surface area contributed by atoms with E-state index in [0.29, 0.717) is 12.1 Å². The molecule has 0 aliphatic heterocycles. The lowest BCUT2D eigenvalue weighted by molar-refractivity contribution is -0.157. The number of halogens is 7. The fourth-order valence-corrected chi connectivity index (χ4v) is 2.54. The molecule has 0 unspecified atom stereocenters. The third-order valence-corrected chi connectivity index (χ3v) is 4.01. The summed E-state index contributed by atoms with van der Waals surface area (Å²) in [7, 11) is 0. The van der Waals surface area contributed by atoms with Gasteiger partial charge in [-0.1, -0.05) is 0 Å². The maximum Gasteiger partial charge on any atom is 0.416 e. The highest BCUT2D eigenvalue weighted by Gasteiger charge is 2.36. The van der Waals surface area contributed by atoms with Crippen molar-refractivity contribution in [1.29, 1.82) is 0 Å². The first-order valence-corrected chi connectivity index (χ1v) is 8.80. The molecule has 0 heterocycles. The molecule has 2 rings (SSSR count). The van der Waals surface area contributed by atoms with Gasteiger partial charge in [0.25, 0.3) is 0 Å². The van der Waals surface area contributed by atoms with Crippen molar-refractivity contribution in [2.24, 2.45) is 0 Å². The number of carbonyl (C=O) groups excluding carboxylic acids is 1. The fourth-order valence-electron chi connectivity index (χ4n) is 2.54.